The molecule has 3 aromatic rings. The van der Waals surface area contributed by atoms with Crippen LogP contribution in [0.4, 0.5) is 11.4 Å². The minimum atomic E-state index is -0.508. The van der Waals surface area contributed by atoms with Crippen molar-refractivity contribution < 1.29 is 19.2 Å². The number of carbonyl (C=O) groups excluding carboxylic acids is 2. The lowest BCUT2D eigenvalue weighted by Gasteiger charge is -2.16. The second-order valence-corrected chi connectivity index (χ2v) is 7.88. The number of hydrogen-bond acceptors (Lipinski definition) is 6. The molecule has 1 aliphatic heterocycles. The Kier molecular flexibility index (Phi) is 6.04. The molecule has 32 heavy (non-hydrogen) atoms. The summed E-state index contributed by atoms with van der Waals surface area (Å²) in [5.41, 5.74) is 0.992. The van der Waals surface area contributed by atoms with E-state index in [9.17, 15) is 19.7 Å². The van der Waals surface area contributed by atoms with Gasteiger partial charge in [-0.2, -0.15) is 0 Å². The fourth-order valence-corrected chi connectivity index (χ4v) is 4.32. The molecule has 0 bridgehead atoms. The van der Waals surface area contributed by atoms with Gasteiger partial charge in [-0.1, -0.05) is 30.0 Å². The summed E-state index contributed by atoms with van der Waals surface area (Å²) in [7, 11) is 0. The summed E-state index contributed by atoms with van der Waals surface area (Å²) in [6.45, 7) is 2.37. The third kappa shape index (κ3) is 4.13. The van der Waals surface area contributed by atoms with E-state index in [-0.39, 0.29) is 16.2 Å². The summed E-state index contributed by atoms with van der Waals surface area (Å²) < 4.78 is 5.44. The molecule has 0 spiro atoms. The molecule has 0 unspecified atom stereocenters. The predicted octanol–water partition coefficient (Wildman–Crippen LogP) is 5.07. The molecule has 0 atom stereocenters. The summed E-state index contributed by atoms with van der Waals surface area (Å²) in [6, 6.07) is 21.6. The molecular weight excluding hydrogens is 428 g/mol. The first-order valence-electron chi connectivity index (χ1n) is 9.83. The number of nitro benzene ring substituents is 1. The zero-order chi connectivity index (χ0) is 22.7. The van der Waals surface area contributed by atoms with Gasteiger partial charge in [0.05, 0.1) is 27.7 Å². The fraction of sp³-hybridized carbons (Fsp3) is 0.0833. The van der Waals surface area contributed by atoms with E-state index in [1.807, 2.05) is 37.3 Å². The van der Waals surface area contributed by atoms with Crippen molar-refractivity contribution in [2.75, 3.05) is 11.5 Å². The molecule has 0 N–H and O–H groups in total. The van der Waals surface area contributed by atoms with Crippen molar-refractivity contribution in [1.82, 2.24) is 0 Å². The lowest BCUT2D eigenvalue weighted by Crippen LogP contribution is -2.31. The Labute approximate surface area is 188 Å². The molecule has 8 heteroatoms. The van der Waals surface area contributed by atoms with Gasteiger partial charge in [0.1, 0.15) is 5.75 Å². The van der Waals surface area contributed by atoms with Gasteiger partial charge in [0, 0.05) is 17.0 Å². The second kappa shape index (κ2) is 9.07. The number of benzene rings is 3. The monoisotopic (exact) mass is 446 g/mol. The highest BCUT2D eigenvalue weighted by atomic mass is 32.2. The van der Waals surface area contributed by atoms with Crippen LogP contribution < -0.4 is 9.64 Å². The summed E-state index contributed by atoms with van der Waals surface area (Å²) in [4.78, 5) is 39.5. The molecule has 160 valence electrons. The molecule has 0 aromatic heterocycles. The van der Waals surface area contributed by atoms with E-state index in [0.717, 1.165) is 9.80 Å². The van der Waals surface area contributed by atoms with Gasteiger partial charge >= 0.3 is 0 Å². The minimum Gasteiger partial charge on any atom is -0.494 e. The number of nitro groups is 1. The van der Waals surface area contributed by atoms with Crippen molar-refractivity contribution in [3.8, 4) is 5.75 Å². The molecule has 2 amide bonds. The molecule has 7 nitrogen and oxygen atoms in total. The maximum absolute atomic E-state index is 13.4. The average molecular weight is 446 g/mol. The van der Waals surface area contributed by atoms with Crippen molar-refractivity contribution in [2.45, 2.75) is 11.8 Å². The van der Waals surface area contributed by atoms with Crippen LogP contribution in [0.5, 0.6) is 5.75 Å². The number of anilines is 1. The molecular formula is C24H18N2O5S. The Morgan fingerprint density at radius 2 is 1.56 bits per heavy atom. The van der Waals surface area contributed by atoms with Crippen LogP contribution in [0.3, 0.4) is 0 Å². The molecule has 0 saturated heterocycles. The molecule has 4 rings (SSSR count). The van der Waals surface area contributed by atoms with E-state index in [1.165, 1.54) is 36.0 Å². The standard InChI is InChI=1S/C24H18N2O5S/c1-2-31-19-14-12-17(13-15-19)25-23(27)21(16-8-10-18(11-9-16)26(29)30)22(24(25)28)32-20-6-4-3-5-7-20/h3-15H,2H2,1H3. The van der Waals surface area contributed by atoms with E-state index >= 15 is 0 Å². The SMILES string of the molecule is CCOc1ccc(N2C(=O)C(Sc3ccccc3)=C(c3ccc([N+](=O)[O-])cc3)C2=O)cc1. The Morgan fingerprint density at radius 1 is 0.906 bits per heavy atom. The maximum atomic E-state index is 13.4. The van der Waals surface area contributed by atoms with Crippen LogP contribution in [0, 0.1) is 10.1 Å². The quantitative estimate of drug-likeness (QED) is 0.286. The van der Waals surface area contributed by atoms with Crippen LogP contribution >= 0.6 is 11.8 Å². The smallest absolute Gasteiger partial charge is 0.272 e. The molecule has 0 radical (unpaired) electrons. The molecule has 1 aliphatic rings. The van der Waals surface area contributed by atoms with Crippen LogP contribution in [0.2, 0.25) is 0 Å². The summed E-state index contributed by atoms with van der Waals surface area (Å²) in [5.74, 6) is -0.286. The highest BCUT2D eigenvalue weighted by Crippen LogP contribution is 2.41. The zero-order valence-electron chi connectivity index (χ0n) is 17.1. The van der Waals surface area contributed by atoms with Crippen molar-refractivity contribution in [3.63, 3.8) is 0 Å². The lowest BCUT2D eigenvalue weighted by atomic mass is 10.1. The van der Waals surface area contributed by atoms with E-state index in [1.54, 1.807) is 24.3 Å². The van der Waals surface area contributed by atoms with Gasteiger partial charge in [0.15, 0.2) is 0 Å². The number of imide groups is 1. The van der Waals surface area contributed by atoms with Gasteiger partial charge in [0.2, 0.25) is 0 Å². The fourth-order valence-electron chi connectivity index (χ4n) is 3.31. The van der Waals surface area contributed by atoms with Crippen LogP contribution in [-0.4, -0.2) is 23.3 Å². The van der Waals surface area contributed by atoms with Gasteiger partial charge < -0.3 is 4.74 Å². The first-order chi connectivity index (χ1) is 15.5. The van der Waals surface area contributed by atoms with Crippen LogP contribution in [0.15, 0.2) is 88.7 Å². The molecule has 3 aromatic carbocycles. The van der Waals surface area contributed by atoms with Gasteiger partial charge in [-0.15, -0.1) is 0 Å². The van der Waals surface area contributed by atoms with Crippen molar-refractivity contribution in [1.29, 1.82) is 0 Å². The largest absolute Gasteiger partial charge is 0.494 e. The van der Waals surface area contributed by atoms with Crippen molar-refractivity contribution in [2.24, 2.45) is 0 Å². The number of non-ortho nitro benzene ring substituents is 1. The number of ether oxygens (including phenoxy) is 1. The Balaban J connectivity index is 1.76. The Hall–Kier alpha value is -3.91. The summed E-state index contributed by atoms with van der Waals surface area (Å²) in [5, 5.41) is 11.0. The number of carbonyl (C=O) groups is 2. The molecule has 0 fully saturated rings. The Bertz CT molecular complexity index is 1210. The van der Waals surface area contributed by atoms with Crippen LogP contribution in [0.25, 0.3) is 5.57 Å². The van der Waals surface area contributed by atoms with Gasteiger partial charge in [-0.3, -0.25) is 19.7 Å². The summed E-state index contributed by atoms with van der Waals surface area (Å²) >= 11 is 1.20. The predicted molar refractivity (Wildman–Crippen MR) is 122 cm³/mol. The van der Waals surface area contributed by atoms with Gasteiger partial charge in [-0.05, 0) is 61.0 Å². The number of nitrogens with zero attached hydrogens (tertiary/aromatic N) is 2. The van der Waals surface area contributed by atoms with Gasteiger partial charge in [-0.25, -0.2) is 4.90 Å². The molecule has 0 aliphatic carbocycles. The van der Waals surface area contributed by atoms with Crippen LogP contribution in [-0.2, 0) is 9.59 Å². The van der Waals surface area contributed by atoms with Crippen LogP contribution in [0.1, 0.15) is 12.5 Å². The normalized spacial score (nSPS) is 13.6. The first-order valence-corrected chi connectivity index (χ1v) is 10.6. The second-order valence-electron chi connectivity index (χ2n) is 6.80. The average Bonchev–Trinajstić information content (AvgIpc) is 3.04. The zero-order valence-corrected chi connectivity index (χ0v) is 17.9. The topological polar surface area (TPSA) is 89.8 Å². The van der Waals surface area contributed by atoms with Crippen molar-refractivity contribution in [3.05, 3.63) is 99.4 Å². The number of rotatable bonds is 7. The van der Waals surface area contributed by atoms with E-state index in [0.29, 0.717) is 23.6 Å². The van der Waals surface area contributed by atoms with E-state index < -0.39 is 16.7 Å². The highest BCUT2D eigenvalue weighted by molar-refractivity contribution is 8.04. The van der Waals surface area contributed by atoms with Crippen molar-refractivity contribution >= 4 is 40.5 Å². The first kappa shape index (κ1) is 21.3. The number of hydrogen-bond donors (Lipinski definition) is 0. The third-order valence-corrected chi connectivity index (χ3v) is 5.87. The number of amides is 2. The maximum Gasteiger partial charge on any atom is 0.272 e. The van der Waals surface area contributed by atoms with Gasteiger partial charge in [0.25, 0.3) is 17.5 Å². The molecule has 0 saturated carbocycles. The Morgan fingerprint density at radius 3 is 2.16 bits per heavy atom. The number of thioether (sulfide) groups is 1. The van der Waals surface area contributed by atoms with E-state index in [2.05, 4.69) is 0 Å². The third-order valence-electron chi connectivity index (χ3n) is 4.78. The molecule has 1 heterocycles. The highest BCUT2D eigenvalue weighted by Gasteiger charge is 2.40. The van der Waals surface area contributed by atoms with E-state index in [4.69, 9.17) is 4.74 Å². The lowest BCUT2D eigenvalue weighted by molar-refractivity contribution is -0.384. The summed E-state index contributed by atoms with van der Waals surface area (Å²) in [6.07, 6.45) is 0. The minimum absolute atomic E-state index is 0.0910.